The average Bonchev–Trinajstić information content (AvgIpc) is 2.56. The van der Waals surface area contributed by atoms with Crippen LogP contribution in [0.4, 0.5) is 0 Å². The monoisotopic (exact) mass is 280 g/mol. The zero-order valence-electron chi connectivity index (χ0n) is 12.1. The van der Waals surface area contributed by atoms with Crippen molar-refractivity contribution < 1.29 is 9.53 Å². The van der Waals surface area contributed by atoms with Gasteiger partial charge in [-0.2, -0.15) is 0 Å². The van der Waals surface area contributed by atoms with E-state index in [-0.39, 0.29) is 11.9 Å². The Morgan fingerprint density at radius 3 is 2.67 bits per heavy atom. The van der Waals surface area contributed by atoms with E-state index in [0.717, 1.165) is 24.8 Å². The van der Waals surface area contributed by atoms with E-state index in [1.165, 1.54) is 11.1 Å². The molecule has 0 bridgehead atoms. The second-order valence-electron chi connectivity index (χ2n) is 5.49. The molecule has 0 amide bonds. The molecule has 1 unspecified atom stereocenters. The Bertz CT molecular complexity index is 604. The van der Waals surface area contributed by atoms with E-state index in [9.17, 15) is 4.79 Å². The maximum absolute atomic E-state index is 12.1. The third-order valence-electron chi connectivity index (χ3n) is 4.06. The molecule has 2 heteroatoms. The summed E-state index contributed by atoms with van der Waals surface area (Å²) in [6.45, 7) is 0.493. The number of ether oxygens (including phenoxy) is 1. The molecule has 21 heavy (non-hydrogen) atoms. The van der Waals surface area contributed by atoms with Crippen LogP contribution >= 0.6 is 0 Å². The highest BCUT2D eigenvalue weighted by Crippen LogP contribution is 2.32. The zero-order chi connectivity index (χ0) is 14.5. The molecule has 2 aromatic carbocycles. The van der Waals surface area contributed by atoms with Crippen molar-refractivity contribution in [1.29, 1.82) is 0 Å². The third kappa shape index (κ3) is 3.40. The minimum Gasteiger partial charge on any atom is -0.373 e. The highest BCUT2D eigenvalue weighted by molar-refractivity contribution is 5.96. The smallest absolute Gasteiger partial charge is 0.165 e. The number of carbonyl (C=O) groups is 1. The molecule has 3 rings (SSSR count). The molecule has 0 spiro atoms. The van der Waals surface area contributed by atoms with Gasteiger partial charge < -0.3 is 4.74 Å². The van der Waals surface area contributed by atoms with Crippen LogP contribution in [-0.2, 0) is 11.2 Å². The fourth-order valence-electron chi connectivity index (χ4n) is 2.94. The van der Waals surface area contributed by atoms with E-state index in [4.69, 9.17) is 4.74 Å². The van der Waals surface area contributed by atoms with Crippen LogP contribution in [0, 0.1) is 0 Å². The standard InChI is InChI=1S/C19H20O2/c20-18(16-8-2-1-3-9-16)13-14-21-19-12-6-10-15-7-4-5-11-17(15)19/h1-5,7-9,11,19H,6,10,12-14H2. The molecule has 0 fully saturated rings. The summed E-state index contributed by atoms with van der Waals surface area (Å²) in [5, 5.41) is 0. The molecular weight excluding hydrogens is 260 g/mol. The summed E-state index contributed by atoms with van der Waals surface area (Å²) in [7, 11) is 0. The average molecular weight is 280 g/mol. The number of rotatable bonds is 5. The number of Topliss-reactive ketones (excluding diaryl/α,β-unsaturated/α-hetero) is 1. The third-order valence-corrected chi connectivity index (χ3v) is 4.06. The summed E-state index contributed by atoms with van der Waals surface area (Å²) in [6, 6.07) is 17.9. The van der Waals surface area contributed by atoms with Crippen LogP contribution in [-0.4, -0.2) is 12.4 Å². The quantitative estimate of drug-likeness (QED) is 0.761. The first-order valence-electron chi connectivity index (χ1n) is 7.62. The molecule has 1 aliphatic rings. The second kappa shape index (κ2) is 6.68. The first kappa shape index (κ1) is 14.0. The van der Waals surface area contributed by atoms with Crippen LogP contribution in [0.3, 0.4) is 0 Å². The van der Waals surface area contributed by atoms with Crippen LogP contribution < -0.4 is 0 Å². The van der Waals surface area contributed by atoms with Crippen LogP contribution in [0.25, 0.3) is 0 Å². The maximum atomic E-state index is 12.1. The summed E-state index contributed by atoms with van der Waals surface area (Å²) in [4.78, 5) is 12.1. The topological polar surface area (TPSA) is 26.3 Å². The van der Waals surface area contributed by atoms with Crippen molar-refractivity contribution in [3.05, 3.63) is 71.3 Å². The van der Waals surface area contributed by atoms with Gasteiger partial charge in [0.2, 0.25) is 0 Å². The number of carbonyl (C=O) groups excluding carboxylic acids is 1. The number of hydrogen-bond acceptors (Lipinski definition) is 2. The normalized spacial score (nSPS) is 17.2. The number of benzene rings is 2. The Balaban J connectivity index is 1.56. The summed E-state index contributed by atoms with van der Waals surface area (Å²) in [5.74, 6) is 0.152. The van der Waals surface area contributed by atoms with Crippen molar-refractivity contribution in [2.75, 3.05) is 6.61 Å². The predicted molar refractivity (Wildman–Crippen MR) is 83.5 cm³/mol. The SMILES string of the molecule is O=C(CCOC1CCCc2ccccc21)c1ccccc1. The molecular formula is C19H20O2. The molecule has 2 aromatic rings. The summed E-state index contributed by atoms with van der Waals surface area (Å²) in [5.41, 5.74) is 3.46. The molecule has 0 saturated carbocycles. The van der Waals surface area contributed by atoms with E-state index < -0.39 is 0 Å². The number of aryl methyl sites for hydroxylation is 1. The number of fused-ring (bicyclic) bond motifs is 1. The van der Waals surface area contributed by atoms with Gasteiger partial charge in [0.05, 0.1) is 12.7 Å². The zero-order valence-corrected chi connectivity index (χ0v) is 12.1. The summed E-state index contributed by atoms with van der Waals surface area (Å²) >= 11 is 0. The molecule has 0 radical (unpaired) electrons. The Morgan fingerprint density at radius 1 is 1.05 bits per heavy atom. The Labute approximate surface area is 125 Å². The first-order chi connectivity index (χ1) is 10.3. The van der Waals surface area contributed by atoms with Gasteiger partial charge in [-0.25, -0.2) is 0 Å². The van der Waals surface area contributed by atoms with Crippen molar-refractivity contribution in [2.24, 2.45) is 0 Å². The molecule has 108 valence electrons. The van der Waals surface area contributed by atoms with Crippen molar-refractivity contribution >= 4 is 5.78 Å². The van der Waals surface area contributed by atoms with Crippen LogP contribution in [0.5, 0.6) is 0 Å². The van der Waals surface area contributed by atoms with Gasteiger partial charge in [0.25, 0.3) is 0 Å². The van der Waals surface area contributed by atoms with Gasteiger partial charge in [-0.1, -0.05) is 54.6 Å². The molecule has 0 aliphatic heterocycles. The fourth-order valence-corrected chi connectivity index (χ4v) is 2.94. The number of hydrogen-bond donors (Lipinski definition) is 0. The summed E-state index contributed by atoms with van der Waals surface area (Å²) in [6.07, 6.45) is 3.95. The minimum absolute atomic E-state index is 0.151. The van der Waals surface area contributed by atoms with Gasteiger partial charge in [0.15, 0.2) is 5.78 Å². The maximum Gasteiger partial charge on any atom is 0.165 e. The molecule has 0 saturated heterocycles. The Morgan fingerprint density at radius 2 is 1.81 bits per heavy atom. The van der Waals surface area contributed by atoms with Gasteiger partial charge in [0, 0.05) is 12.0 Å². The molecule has 0 aromatic heterocycles. The first-order valence-corrected chi connectivity index (χ1v) is 7.62. The van der Waals surface area contributed by atoms with Crippen molar-refractivity contribution in [1.82, 2.24) is 0 Å². The van der Waals surface area contributed by atoms with Gasteiger partial charge in [-0.15, -0.1) is 0 Å². The van der Waals surface area contributed by atoms with Gasteiger partial charge in [-0.3, -0.25) is 4.79 Å². The number of ketones is 1. The van der Waals surface area contributed by atoms with Gasteiger partial charge in [-0.05, 0) is 30.4 Å². The lowest BCUT2D eigenvalue weighted by molar-refractivity contribution is 0.0381. The molecule has 1 atom stereocenters. The van der Waals surface area contributed by atoms with Crippen LogP contribution in [0.15, 0.2) is 54.6 Å². The van der Waals surface area contributed by atoms with Crippen molar-refractivity contribution in [2.45, 2.75) is 31.8 Å². The van der Waals surface area contributed by atoms with Gasteiger partial charge in [0.1, 0.15) is 0 Å². The van der Waals surface area contributed by atoms with Crippen molar-refractivity contribution in [3.8, 4) is 0 Å². The minimum atomic E-state index is 0.151. The second-order valence-corrected chi connectivity index (χ2v) is 5.49. The van der Waals surface area contributed by atoms with Crippen molar-refractivity contribution in [3.63, 3.8) is 0 Å². The molecule has 0 heterocycles. The Kier molecular flexibility index (Phi) is 4.46. The lowest BCUT2D eigenvalue weighted by Gasteiger charge is -2.25. The molecule has 1 aliphatic carbocycles. The lowest BCUT2D eigenvalue weighted by atomic mass is 9.89. The van der Waals surface area contributed by atoms with E-state index in [1.807, 2.05) is 30.3 Å². The predicted octanol–water partition coefficient (Wildman–Crippen LogP) is 4.35. The highest BCUT2D eigenvalue weighted by atomic mass is 16.5. The largest absolute Gasteiger partial charge is 0.373 e. The van der Waals surface area contributed by atoms with Gasteiger partial charge >= 0.3 is 0 Å². The van der Waals surface area contributed by atoms with E-state index in [0.29, 0.717) is 13.0 Å². The van der Waals surface area contributed by atoms with E-state index in [1.54, 1.807) is 0 Å². The van der Waals surface area contributed by atoms with E-state index >= 15 is 0 Å². The highest BCUT2D eigenvalue weighted by Gasteiger charge is 2.20. The summed E-state index contributed by atoms with van der Waals surface area (Å²) < 4.78 is 5.98. The lowest BCUT2D eigenvalue weighted by Crippen LogP contribution is -2.14. The molecule has 2 nitrogen and oxygen atoms in total. The Hall–Kier alpha value is -1.93. The molecule has 0 N–H and O–H groups in total. The fraction of sp³-hybridized carbons (Fsp3) is 0.316. The van der Waals surface area contributed by atoms with Crippen LogP contribution in [0.1, 0.15) is 46.9 Å². The van der Waals surface area contributed by atoms with E-state index in [2.05, 4.69) is 24.3 Å². The van der Waals surface area contributed by atoms with Crippen LogP contribution in [0.2, 0.25) is 0 Å².